The summed E-state index contributed by atoms with van der Waals surface area (Å²) in [6.45, 7) is 28.8. The fourth-order valence-electron chi connectivity index (χ4n) is 4.53. The monoisotopic (exact) mass is 638 g/mol. The Morgan fingerprint density at radius 1 is 1.07 bits per heavy atom. The molecular weight excluding hydrogens is 588 g/mol. The number of carbonyl (C=O) groups excluding carboxylic acids is 1. The SMILES string of the molecule is C[C@@H](CNc1nccc(-c2c(Br)nc(C(C)(C)C)n2COCC[Si](C)(C)C)n1)OC(=O)N(C(C)(C)C)C(C)(C)C. The van der Waals surface area contributed by atoms with E-state index in [0.717, 1.165) is 23.3 Å². The first kappa shape index (κ1) is 34.2. The van der Waals surface area contributed by atoms with Crippen molar-refractivity contribution in [2.75, 3.05) is 18.5 Å². The summed E-state index contributed by atoms with van der Waals surface area (Å²) in [5.41, 5.74) is 0.622. The molecule has 0 saturated heterocycles. The Hall–Kier alpha value is -1.98. The van der Waals surface area contributed by atoms with E-state index in [1.807, 2.05) is 54.5 Å². The second-order valence-electron chi connectivity index (χ2n) is 14.6. The molecule has 1 atom stereocenters. The van der Waals surface area contributed by atoms with Gasteiger partial charge in [-0.2, -0.15) is 0 Å². The van der Waals surface area contributed by atoms with Crippen molar-refractivity contribution in [3.8, 4) is 11.4 Å². The van der Waals surface area contributed by atoms with Gasteiger partial charge in [0.15, 0.2) is 0 Å². The number of hydrogen-bond donors (Lipinski definition) is 1. The van der Waals surface area contributed by atoms with E-state index in [0.29, 0.717) is 30.4 Å². The maximum Gasteiger partial charge on any atom is 0.410 e. The summed E-state index contributed by atoms with van der Waals surface area (Å²) in [6, 6.07) is 2.96. The van der Waals surface area contributed by atoms with Crippen molar-refractivity contribution >= 4 is 36.0 Å². The maximum absolute atomic E-state index is 13.0. The molecule has 2 aromatic heterocycles. The molecule has 0 aliphatic heterocycles. The van der Waals surface area contributed by atoms with E-state index in [9.17, 15) is 4.79 Å². The molecule has 11 heteroatoms. The van der Waals surface area contributed by atoms with Crippen LogP contribution in [-0.4, -0.2) is 68.9 Å². The number of nitrogens with zero attached hydrogens (tertiary/aromatic N) is 5. The molecule has 0 radical (unpaired) electrons. The number of imidazole rings is 1. The predicted molar refractivity (Wildman–Crippen MR) is 170 cm³/mol. The van der Waals surface area contributed by atoms with Gasteiger partial charge in [-0.05, 0) is 76.5 Å². The number of aromatic nitrogens is 4. The van der Waals surface area contributed by atoms with Crippen molar-refractivity contribution in [3.05, 3.63) is 22.7 Å². The van der Waals surface area contributed by atoms with Crippen LogP contribution in [0.2, 0.25) is 25.7 Å². The van der Waals surface area contributed by atoms with Crippen molar-refractivity contribution in [2.45, 2.75) is 124 Å². The Bertz CT molecular complexity index is 1130. The van der Waals surface area contributed by atoms with Crippen molar-refractivity contribution in [1.29, 1.82) is 0 Å². The van der Waals surface area contributed by atoms with E-state index >= 15 is 0 Å². The number of hydrogen-bond acceptors (Lipinski definition) is 7. The average molecular weight is 640 g/mol. The van der Waals surface area contributed by atoms with Crippen LogP contribution < -0.4 is 5.32 Å². The first-order chi connectivity index (χ1) is 18.1. The van der Waals surface area contributed by atoms with Crippen molar-refractivity contribution < 1.29 is 14.3 Å². The van der Waals surface area contributed by atoms with Crippen molar-refractivity contribution in [1.82, 2.24) is 24.4 Å². The van der Waals surface area contributed by atoms with E-state index in [1.165, 1.54) is 0 Å². The highest BCUT2D eigenvalue weighted by Crippen LogP contribution is 2.33. The van der Waals surface area contributed by atoms with Gasteiger partial charge in [0.2, 0.25) is 5.95 Å². The number of ether oxygens (including phenoxy) is 2. The summed E-state index contributed by atoms with van der Waals surface area (Å²) in [4.78, 5) is 28.8. The predicted octanol–water partition coefficient (Wildman–Crippen LogP) is 7.55. The smallest absolute Gasteiger partial charge is 0.410 e. The summed E-state index contributed by atoms with van der Waals surface area (Å²) < 4.78 is 14.7. The van der Waals surface area contributed by atoms with Crippen LogP contribution in [0.5, 0.6) is 0 Å². The van der Waals surface area contributed by atoms with E-state index in [-0.39, 0.29) is 22.6 Å². The van der Waals surface area contributed by atoms with Crippen LogP contribution in [0.4, 0.5) is 10.7 Å². The van der Waals surface area contributed by atoms with Crippen LogP contribution in [0, 0.1) is 0 Å². The van der Waals surface area contributed by atoms with Gasteiger partial charge in [-0.3, -0.25) is 4.90 Å². The Balaban J connectivity index is 2.22. The lowest BCUT2D eigenvalue weighted by atomic mass is 9.96. The zero-order valence-electron chi connectivity index (χ0n) is 26.9. The summed E-state index contributed by atoms with van der Waals surface area (Å²) in [7, 11) is -1.20. The zero-order chi connectivity index (χ0) is 30.7. The lowest BCUT2D eigenvalue weighted by Crippen LogP contribution is -2.56. The molecule has 0 fully saturated rings. The molecule has 0 spiro atoms. The molecule has 1 amide bonds. The Kier molecular flexibility index (Phi) is 11.0. The van der Waals surface area contributed by atoms with E-state index < -0.39 is 14.2 Å². The number of amides is 1. The van der Waals surface area contributed by atoms with Gasteiger partial charge in [-0.25, -0.2) is 19.7 Å². The van der Waals surface area contributed by atoms with Crippen LogP contribution in [0.25, 0.3) is 11.4 Å². The van der Waals surface area contributed by atoms with Gasteiger partial charge in [-0.15, -0.1) is 0 Å². The Morgan fingerprint density at radius 3 is 2.20 bits per heavy atom. The van der Waals surface area contributed by atoms with Gasteiger partial charge in [-0.1, -0.05) is 40.4 Å². The molecule has 226 valence electrons. The minimum absolute atomic E-state index is 0.190. The number of rotatable bonds is 10. The van der Waals surface area contributed by atoms with Crippen LogP contribution in [0.1, 0.15) is 75.1 Å². The van der Waals surface area contributed by atoms with Gasteiger partial charge < -0.3 is 19.4 Å². The van der Waals surface area contributed by atoms with Gasteiger partial charge in [0.25, 0.3) is 0 Å². The second-order valence-corrected chi connectivity index (χ2v) is 21.0. The van der Waals surface area contributed by atoms with E-state index in [1.54, 1.807) is 11.1 Å². The Morgan fingerprint density at radius 2 is 1.68 bits per heavy atom. The first-order valence-electron chi connectivity index (χ1n) is 14.0. The third-order valence-corrected chi connectivity index (χ3v) is 8.34. The van der Waals surface area contributed by atoms with Gasteiger partial charge in [0.05, 0.1) is 12.2 Å². The van der Waals surface area contributed by atoms with Crippen LogP contribution >= 0.6 is 15.9 Å². The third-order valence-electron chi connectivity index (χ3n) is 6.08. The van der Waals surface area contributed by atoms with Crippen LogP contribution in [0.15, 0.2) is 16.9 Å². The maximum atomic E-state index is 13.0. The van der Waals surface area contributed by atoms with Gasteiger partial charge in [0.1, 0.15) is 29.0 Å². The van der Waals surface area contributed by atoms with E-state index in [4.69, 9.17) is 19.4 Å². The standard InChI is InChI=1S/C29H51BrN6O3Si/c1-20(39-26(37)36(28(5,6)7)29(8,9)10)18-32-25-31-15-14-21(33-25)22-23(30)34-24(27(2,3)4)35(22)19-38-16-17-40(11,12)13/h14-15,20H,16-19H2,1-13H3,(H,31,32,33)/t20-/m0/s1. The molecule has 0 aromatic carbocycles. The normalized spacial score (nSPS) is 13.8. The largest absolute Gasteiger partial charge is 0.444 e. The molecule has 2 heterocycles. The number of nitrogens with one attached hydrogen (secondary N) is 1. The molecule has 1 N–H and O–H groups in total. The zero-order valence-corrected chi connectivity index (χ0v) is 29.5. The summed E-state index contributed by atoms with van der Waals surface area (Å²) in [5.74, 6) is 1.36. The molecular formula is C29H51BrN6O3Si. The molecule has 40 heavy (non-hydrogen) atoms. The molecule has 2 rings (SSSR count). The molecule has 9 nitrogen and oxygen atoms in total. The second kappa shape index (κ2) is 12.9. The van der Waals surface area contributed by atoms with E-state index in [2.05, 4.69) is 71.2 Å². The lowest BCUT2D eigenvalue weighted by molar-refractivity contribution is 0.00635. The minimum atomic E-state index is -1.20. The molecule has 0 unspecified atom stereocenters. The molecule has 0 bridgehead atoms. The van der Waals surface area contributed by atoms with Crippen LogP contribution in [-0.2, 0) is 21.6 Å². The topological polar surface area (TPSA) is 94.4 Å². The molecule has 0 saturated carbocycles. The number of anilines is 1. The first-order valence-corrected chi connectivity index (χ1v) is 18.5. The third kappa shape index (κ3) is 9.83. The highest BCUT2D eigenvalue weighted by molar-refractivity contribution is 9.10. The number of carbonyl (C=O) groups is 1. The summed E-state index contributed by atoms with van der Waals surface area (Å²) >= 11 is 3.67. The van der Waals surface area contributed by atoms with Crippen LogP contribution in [0.3, 0.4) is 0 Å². The van der Waals surface area contributed by atoms with Gasteiger partial charge in [0, 0.05) is 37.4 Å². The average Bonchev–Trinajstić information content (AvgIpc) is 3.09. The summed E-state index contributed by atoms with van der Waals surface area (Å²) in [6.07, 6.45) is 0.978. The molecule has 2 aromatic rings. The van der Waals surface area contributed by atoms with Gasteiger partial charge >= 0.3 is 6.09 Å². The highest BCUT2D eigenvalue weighted by Gasteiger charge is 2.37. The molecule has 0 aliphatic carbocycles. The fourth-order valence-corrected chi connectivity index (χ4v) is 5.87. The van der Waals surface area contributed by atoms with Crippen molar-refractivity contribution in [3.63, 3.8) is 0 Å². The highest BCUT2D eigenvalue weighted by atomic mass is 79.9. The molecule has 0 aliphatic rings. The minimum Gasteiger partial charge on any atom is -0.444 e. The lowest BCUT2D eigenvalue weighted by Gasteiger charge is -2.44. The Labute approximate surface area is 251 Å². The fraction of sp³-hybridized carbons (Fsp3) is 0.724. The summed E-state index contributed by atoms with van der Waals surface area (Å²) in [5, 5.41) is 3.23. The van der Waals surface area contributed by atoms with Crippen molar-refractivity contribution in [2.24, 2.45) is 0 Å². The number of halogens is 1. The quantitative estimate of drug-likeness (QED) is 0.212.